The van der Waals surface area contributed by atoms with Gasteiger partial charge in [-0.3, -0.25) is 9.97 Å². The molecule has 0 unspecified atom stereocenters. The van der Waals surface area contributed by atoms with E-state index in [-0.39, 0.29) is 0 Å². The summed E-state index contributed by atoms with van der Waals surface area (Å²) < 4.78 is 22.2. The number of methoxy groups -OCH3 is 4. The lowest BCUT2D eigenvalue weighted by Crippen LogP contribution is -1.94. The van der Waals surface area contributed by atoms with E-state index in [1.54, 1.807) is 40.8 Å². The van der Waals surface area contributed by atoms with E-state index in [0.29, 0.717) is 0 Å². The Labute approximate surface area is 197 Å². The van der Waals surface area contributed by atoms with Crippen LogP contribution >= 0.6 is 0 Å². The zero-order chi connectivity index (χ0) is 23.7. The van der Waals surface area contributed by atoms with Crippen LogP contribution in [0.1, 0.15) is 0 Å². The van der Waals surface area contributed by atoms with E-state index in [1.165, 1.54) is 0 Å². The average Bonchev–Trinajstić information content (AvgIpc) is 2.91. The van der Waals surface area contributed by atoms with Crippen molar-refractivity contribution in [1.29, 1.82) is 0 Å². The third-order valence-corrected chi connectivity index (χ3v) is 6.01. The standard InChI is InChI=1S/C28H24N2O4/c1-31-17-5-9-25(33-3)23(15-17)19-11-13-29-27-21(19)7-8-22-20(12-14-30-28(22)27)24-16-18(32-2)6-10-26(24)34-4/h5-16H,1-4H3. The van der Waals surface area contributed by atoms with Crippen LogP contribution < -0.4 is 18.9 Å². The van der Waals surface area contributed by atoms with Gasteiger partial charge in [0.2, 0.25) is 0 Å². The smallest absolute Gasteiger partial charge is 0.126 e. The van der Waals surface area contributed by atoms with Gasteiger partial charge in [-0.2, -0.15) is 0 Å². The molecule has 6 heteroatoms. The molecule has 170 valence electrons. The Hall–Kier alpha value is -4.32. The molecule has 0 amide bonds. The van der Waals surface area contributed by atoms with E-state index in [0.717, 1.165) is 67.1 Å². The molecule has 0 radical (unpaired) electrons. The maximum absolute atomic E-state index is 5.64. The van der Waals surface area contributed by atoms with Gasteiger partial charge in [-0.1, -0.05) is 12.1 Å². The minimum atomic E-state index is 0.757. The summed E-state index contributed by atoms with van der Waals surface area (Å²) in [4.78, 5) is 9.43. The monoisotopic (exact) mass is 452 g/mol. The van der Waals surface area contributed by atoms with E-state index < -0.39 is 0 Å². The Morgan fingerprint density at radius 2 is 0.912 bits per heavy atom. The Kier molecular flexibility index (Phi) is 5.64. The molecule has 0 fully saturated rings. The van der Waals surface area contributed by atoms with Crippen molar-refractivity contribution in [1.82, 2.24) is 9.97 Å². The van der Waals surface area contributed by atoms with Gasteiger partial charge in [0, 0.05) is 34.3 Å². The van der Waals surface area contributed by atoms with Crippen LogP contribution in [0.25, 0.3) is 44.1 Å². The van der Waals surface area contributed by atoms with Crippen LogP contribution in [-0.2, 0) is 0 Å². The minimum Gasteiger partial charge on any atom is -0.497 e. The molecule has 0 atom stereocenters. The molecular weight excluding hydrogens is 428 g/mol. The quantitative estimate of drug-likeness (QED) is 0.288. The second-order valence-electron chi connectivity index (χ2n) is 7.71. The van der Waals surface area contributed by atoms with E-state index >= 15 is 0 Å². The lowest BCUT2D eigenvalue weighted by Gasteiger charge is -2.15. The molecule has 5 aromatic rings. The summed E-state index contributed by atoms with van der Waals surface area (Å²) in [5.41, 5.74) is 5.47. The fraction of sp³-hybridized carbons (Fsp3) is 0.143. The van der Waals surface area contributed by atoms with E-state index in [9.17, 15) is 0 Å². The molecule has 5 rings (SSSR count). The highest BCUT2D eigenvalue weighted by Gasteiger charge is 2.17. The number of fused-ring (bicyclic) bond motifs is 3. The maximum Gasteiger partial charge on any atom is 0.126 e. The molecule has 6 nitrogen and oxygen atoms in total. The number of rotatable bonds is 6. The van der Waals surface area contributed by atoms with Crippen molar-refractivity contribution in [2.75, 3.05) is 28.4 Å². The molecule has 0 spiro atoms. The normalized spacial score (nSPS) is 10.9. The number of hydrogen-bond acceptors (Lipinski definition) is 6. The molecule has 2 heterocycles. The molecule has 0 bridgehead atoms. The number of benzene rings is 3. The summed E-state index contributed by atoms with van der Waals surface area (Å²) in [6.45, 7) is 0. The molecule has 0 saturated carbocycles. The van der Waals surface area contributed by atoms with Crippen LogP contribution in [0.2, 0.25) is 0 Å². The molecule has 0 aliphatic heterocycles. The van der Waals surface area contributed by atoms with Crippen molar-refractivity contribution < 1.29 is 18.9 Å². The number of aromatic nitrogens is 2. The van der Waals surface area contributed by atoms with Gasteiger partial charge in [0.15, 0.2) is 0 Å². The number of hydrogen-bond donors (Lipinski definition) is 0. The summed E-state index contributed by atoms with van der Waals surface area (Å²) >= 11 is 0. The fourth-order valence-corrected chi connectivity index (χ4v) is 4.35. The third-order valence-electron chi connectivity index (χ3n) is 6.01. The molecule has 0 aliphatic carbocycles. The van der Waals surface area contributed by atoms with Crippen molar-refractivity contribution >= 4 is 21.8 Å². The van der Waals surface area contributed by atoms with Crippen LogP contribution in [0.4, 0.5) is 0 Å². The van der Waals surface area contributed by atoms with E-state index in [1.807, 2.05) is 48.5 Å². The van der Waals surface area contributed by atoms with Crippen molar-refractivity contribution in [3.63, 3.8) is 0 Å². The van der Waals surface area contributed by atoms with Crippen LogP contribution in [0.15, 0.2) is 73.1 Å². The number of ether oxygens (including phenoxy) is 4. The predicted octanol–water partition coefficient (Wildman–Crippen LogP) is 6.15. The van der Waals surface area contributed by atoms with Crippen LogP contribution in [0, 0.1) is 0 Å². The summed E-state index contributed by atoms with van der Waals surface area (Å²) in [7, 11) is 6.64. The van der Waals surface area contributed by atoms with Crippen molar-refractivity contribution in [2.24, 2.45) is 0 Å². The van der Waals surface area contributed by atoms with Gasteiger partial charge >= 0.3 is 0 Å². The molecule has 34 heavy (non-hydrogen) atoms. The SMILES string of the molecule is COc1ccc(OC)c(-c2ccnc3c2ccc2c(-c4cc(OC)ccc4OC)ccnc23)c1. The Bertz CT molecular complexity index is 1400. The summed E-state index contributed by atoms with van der Waals surface area (Å²) in [6, 6.07) is 19.7. The Morgan fingerprint density at radius 3 is 1.29 bits per heavy atom. The van der Waals surface area contributed by atoms with Crippen molar-refractivity contribution in [3.8, 4) is 45.3 Å². The highest BCUT2D eigenvalue weighted by atomic mass is 16.5. The Morgan fingerprint density at radius 1 is 0.471 bits per heavy atom. The topological polar surface area (TPSA) is 62.7 Å². The van der Waals surface area contributed by atoms with Gasteiger partial charge in [-0.25, -0.2) is 0 Å². The van der Waals surface area contributed by atoms with Gasteiger partial charge in [-0.15, -0.1) is 0 Å². The largest absolute Gasteiger partial charge is 0.497 e. The van der Waals surface area contributed by atoms with Crippen LogP contribution in [0.3, 0.4) is 0 Å². The third kappa shape index (κ3) is 3.53. The summed E-state index contributed by atoms with van der Waals surface area (Å²) in [5.74, 6) is 3.03. The highest BCUT2D eigenvalue weighted by molar-refractivity contribution is 6.12. The first-order chi connectivity index (χ1) is 16.7. The lowest BCUT2D eigenvalue weighted by atomic mass is 9.95. The minimum absolute atomic E-state index is 0.757. The van der Waals surface area contributed by atoms with Gasteiger partial charge in [0.25, 0.3) is 0 Å². The second kappa shape index (κ2) is 8.90. The van der Waals surface area contributed by atoms with Crippen molar-refractivity contribution in [3.05, 3.63) is 73.1 Å². The molecule has 2 aromatic heterocycles. The van der Waals surface area contributed by atoms with E-state index in [2.05, 4.69) is 12.1 Å². The van der Waals surface area contributed by atoms with Gasteiger partial charge in [0.1, 0.15) is 23.0 Å². The average molecular weight is 453 g/mol. The summed E-state index contributed by atoms with van der Waals surface area (Å²) in [6.07, 6.45) is 3.60. The number of nitrogens with zero attached hydrogens (tertiary/aromatic N) is 2. The molecule has 0 saturated heterocycles. The lowest BCUT2D eigenvalue weighted by molar-refractivity contribution is 0.404. The Balaban J connectivity index is 1.78. The zero-order valence-corrected chi connectivity index (χ0v) is 19.5. The highest BCUT2D eigenvalue weighted by Crippen LogP contribution is 2.41. The second-order valence-corrected chi connectivity index (χ2v) is 7.71. The number of pyridine rings is 2. The fourth-order valence-electron chi connectivity index (χ4n) is 4.35. The van der Waals surface area contributed by atoms with Gasteiger partial charge < -0.3 is 18.9 Å². The van der Waals surface area contributed by atoms with Crippen molar-refractivity contribution in [2.45, 2.75) is 0 Å². The molecular formula is C28H24N2O4. The van der Waals surface area contributed by atoms with Crippen LogP contribution in [0.5, 0.6) is 23.0 Å². The zero-order valence-electron chi connectivity index (χ0n) is 19.5. The predicted molar refractivity (Wildman–Crippen MR) is 134 cm³/mol. The first-order valence-electron chi connectivity index (χ1n) is 10.8. The van der Waals surface area contributed by atoms with Gasteiger partial charge in [0.05, 0.1) is 39.5 Å². The molecule has 0 aliphatic rings. The van der Waals surface area contributed by atoms with E-state index in [4.69, 9.17) is 28.9 Å². The first-order valence-corrected chi connectivity index (χ1v) is 10.8. The first kappa shape index (κ1) is 21.5. The molecule has 0 N–H and O–H groups in total. The van der Waals surface area contributed by atoms with Crippen LogP contribution in [-0.4, -0.2) is 38.4 Å². The summed E-state index contributed by atoms with van der Waals surface area (Å²) in [5, 5.41) is 1.95. The molecule has 3 aromatic carbocycles. The maximum atomic E-state index is 5.64. The van der Waals surface area contributed by atoms with Gasteiger partial charge in [-0.05, 0) is 59.7 Å².